The number of nitrogens with one attached hydrogen (secondary N) is 1. The summed E-state index contributed by atoms with van der Waals surface area (Å²) < 4.78 is 3.50. The van der Waals surface area contributed by atoms with Gasteiger partial charge in [-0.25, -0.2) is 0 Å². The van der Waals surface area contributed by atoms with E-state index in [-0.39, 0.29) is 17.2 Å². The fourth-order valence-corrected chi connectivity index (χ4v) is 4.79. The van der Waals surface area contributed by atoms with E-state index in [1.165, 1.54) is 11.8 Å². The van der Waals surface area contributed by atoms with Gasteiger partial charge in [0.25, 0.3) is 5.56 Å². The van der Waals surface area contributed by atoms with Gasteiger partial charge in [0, 0.05) is 5.69 Å². The molecule has 0 bridgehead atoms. The minimum Gasteiger partial charge on any atom is -0.325 e. The van der Waals surface area contributed by atoms with Gasteiger partial charge in [-0.2, -0.15) is 0 Å². The van der Waals surface area contributed by atoms with Gasteiger partial charge in [-0.3, -0.25) is 18.6 Å². The zero-order chi connectivity index (χ0) is 24.5. The van der Waals surface area contributed by atoms with E-state index in [1.807, 2.05) is 91.9 Å². The molecule has 0 spiro atoms. The van der Waals surface area contributed by atoms with E-state index in [1.54, 1.807) is 4.57 Å². The maximum absolute atomic E-state index is 13.4. The Bertz CT molecular complexity index is 1620. The average Bonchev–Trinajstić information content (AvgIpc) is 3.28. The van der Waals surface area contributed by atoms with E-state index in [9.17, 15) is 9.59 Å². The fourth-order valence-electron chi connectivity index (χ4n) is 4.05. The van der Waals surface area contributed by atoms with E-state index in [0.29, 0.717) is 22.9 Å². The Hall–Kier alpha value is -3.91. The van der Waals surface area contributed by atoms with Gasteiger partial charge in [0.2, 0.25) is 11.7 Å². The van der Waals surface area contributed by atoms with Crippen LogP contribution >= 0.6 is 11.8 Å². The summed E-state index contributed by atoms with van der Waals surface area (Å²) in [4.78, 5) is 26.1. The quantitative estimate of drug-likeness (QED) is 0.353. The summed E-state index contributed by atoms with van der Waals surface area (Å²) in [6, 6.07) is 21.3. The van der Waals surface area contributed by atoms with Gasteiger partial charge < -0.3 is 5.32 Å². The Kier molecular flexibility index (Phi) is 6.13. The highest BCUT2D eigenvalue weighted by Gasteiger charge is 2.18. The van der Waals surface area contributed by atoms with Gasteiger partial charge in [-0.05, 0) is 55.7 Å². The molecule has 5 aromatic rings. The summed E-state index contributed by atoms with van der Waals surface area (Å²) in [5, 5.41) is 12.8. The number of hydrogen-bond acceptors (Lipinski definition) is 5. The number of rotatable bonds is 6. The number of aromatic nitrogens is 4. The largest absolute Gasteiger partial charge is 0.325 e. The minimum atomic E-state index is -0.127. The lowest BCUT2D eigenvalue weighted by Crippen LogP contribution is -2.24. The second kappa shape index (κ2) is 9.38. The lowest BCUT2D eigenvalue weighted by molar-refractivity contribution is -0.113. The molecular weight excluding hydrogens is 458 g/mol. The van der Waals surface area contributed by atoms with Gasteiger partial charge in [0.05, 0.1) is 23.2 Å². The first-order valence-electron chi connectivity index (χ1n) is 11.3. The van der Waals surface area contributed by atoms with Crippen molar-refractivity contribution in [2.75, 3.05) is 11.1 Å². The molecule has 3 aromatic carbocycles. The molecule has 2 heterocycles. The molecule has 7 nitrogen and oxygen atoms in total. The van der Waals surface area contributed by atoms with Crippen LogP contribution in [0.5, 0.6) is 0 Å². The van der Waals surface area contributed by atoms with Gasteiger partial charge in [0.15, 0.2) is 5.16 Å². The average molecular weight is 484 g/mol. The van der Waals surface area contributed by atoms with Crippen molar-refractivity contribution in [2.24, 2.45) is 0 Å². The molecule has 0 saturated carbocycles. The zero-order valence-corrected chi connectivity index (χ0v) is 20.6. The van der Waals surface area contributed by atoms with Crippen LogP contribution in [0.25, 0.3) is 16.7 Å². The topological polar surface area (TPSA) is 81.3 Å². The van der Waals surface area contributed by atoms with Crippen molar-refractivity contribution in [1.29, 1.82) is 0 Å². The molecule has 2 aromatic heterocycles. The summed E-state index contributed by atoms with van der Waals surface area (Å²) in [5.74, 6) is 0.490. The standard InChI is InChI=1S/C27H25N5O2S/c1-17-11-13-20(14-12-17)15-31-25(34)21-8-4-5-10-23(21)32-26(31)29-30-27(32)35-16-24(33)28-22-9-6-7-18(2)19(22)3/h4-14H,15-16H2,1-3H3,(H,28,33). The van der Waals surface area contributed by atoms with E-state index in [4.69, 9.17) is 0 Å². The van der Waals surface area contributed by atoms with Crippen LogP contribution in [-0.4, -0.2) is 30.8 Å². The van der Waals surface area contributed by atoms with E-state index >= 15 is 0 Å². The maximum Gasteiger partial charge on any atom is 0.263 e. The number of fused-ring (bicyclic) bond motifs is 3. The van der Waals surface area contributed by atoms with E-state index < -0.39 is 0 Å². The molecule has 0 radical (unpaired) electrons. The number of carbonyl (C=O) groups excluding carboxylic acids is 1. The highest BCUT2D eigenvalue weighted by atomic mass is 32.2. The Labute approximate surface area is 206 Å². The Morgan fingerprint density at radius 3 is 2.51 bits per heavy atom. The molecule has 0 fully saturated rings. The van der Waals surface area contributed by atoms with E-state index in [2.05, 4.69) is 15.5 Å². The van der Waals surface area contributed by atoms with Crippen LogP contribution in [0.2, 0.25) is 0 Å². The molecule has 176 valence electrons. The van der Waals surface area contributed by atoms with Gasteiger partial charge in [0.1, 0.15) is 0 Å². The van der Waals surface area contributed by atoms with Crippen molar-refractivity contribution in [3.63, 3.8) is 0 Å². The summed E-state index contributed by atoms with van der Waals surface area (Å²) in [6.07, 6.45) is 0. The molecule has 0 atom stereocenters. The molecule has 1 N–H and O–H groups in total. The second-order valence-corrected chi connectivity index (χ2v) is 9.54. The van der Waals surface area contributed by atoms with Gasteiger partial charge in [-0.15, -0.1) is 10.2 Å². The number of aryl methyl sites for hydroxylation is 2. The lowest BCUT2D eigenvalue weighted by atomic mass is 10.1. The first-order chi connectivity index (χ1) is 16.9. The zero-order valence-electron chi connectivity index (χ0n) is 19.8. The smallest absolute Gasteiger partial charge is 0.263 e. The summed E-state index contributed by atoms with van der Waals surface area (Å²) >= 11 is 1.29. The Balaban J connectivity index is 1.49. The molecule has 0 unspecified atom stereocenters. The first kappa shape index (κ1) is 22.9. The number of amides is 1. The van der Waals surface area contributed by atoms with Crippen molar-refractivity contribution < 1.29 is 4.79 Å². The van der Waals surface area contributed by atoms with Crippen LogP contribution in [0.1, 0.15) is 22.3 Å². The second-order valence-electron chi connectivity index (χ2n) is 8.60. The molecule has 0 saturated heterocycles. The number of para-hydroxylation sites is 1. The number of anilines is 1. The number of benzene rings is 3. The maximum atomic E-state index is 13.4. The summed E-state index contributed by atoms with van der Waals surface area (Å²) in [5.41, 5.74) is 5.73. The third-order valence-corrected chi connectivity index (χ3v) is 7.08. The van der Waals surface area contributed by atoms with Crippen molar-refractivity contribution >= 4 is 40.0 Å². The summed E-state index contributed by atoms with van der Waals surface area (Å²) in [6.45, 7) is 6.42. The normalized spacial score (nSPS) is 11.3. The molecule has 35 heavy (non-hydrogen) atoms. The first-order valence-corrected chi connectivity index (χ1v) is 12.3. The summed E-state index contributed by atoms with van der Waals surface area (Å²) in [7, 11) is 0. The third-order valence-electron chi connectivity index (χ3n) is 6.15. The molecular formula is C27H25N5O2S. The van der Waals surface area contributed by atoms with Crippen LogP contribution in [0.15, 0.2) is 76.7 Å². The molecule has 0 aliphatic heterocycles. The van der Waals surface area contributed by atoms with Gasteiger partial charge >= 0.3 is 0 Å². The molecule has 8 heteroatoms. The monoisotopic (exact) mass is 483 g/mol. The highest BCUT2D eigenvalue weighted by molar-refractivity contribution is 7.99. The number of nitrogens with zero attached hydrogens (tertiary/aromatic N) is 4. The van der Waals surface area contributed by atoms with Crippen molar-refractivity contribution in [1.82, 2.24) is 19.2 Å². The third kappa shape index (κ3) is 4.44. The van der Waals surface area contributed by atoms with Crippen molar-refractivity contribution in [3.05, 3.63) is 99.3 Å². The van der Waals surface area contributed by atoms with Crippen molar-refractivity contribution in [2.45, 2.75) is 32.5 Å². The molecule has 0 aliphatic carbocycles. The predicted octanol–water partition coefficient (Wildman–Crippen LogP) is 4.75. The van der Waals surface area contributed by atoms with Crippen LogP contribution in [0, 0.1) is 20.8 Å². The van der Waals surface area contributed by atoms with Crippen LogP contribution in [0.4, 0.5) is 5.69 Å². The Morgan fingerprint density at radius 2 is 1.71 bits per heavy atom. The number of carbonyl (C=O) groups is 1. The van der Waals surface area contributed by atoms with E-state index in [0.717, 1.165) is 33.5 Å². The predicted molar refractivity (Wildman–Crippen MR) is 140 cm³/mol. The molecule has 0 aliphatic rings. The van der Waals surface area contributed by atoms with Crippen LogP contribution < -0.4 is 10.9 Å². The minimum absolute atomic E-state index is 0.120. The van der Waals surface area contributed by atoms with Gasteiger partial charge in [-0.1, -0.05) is 65.9 Å². The number of hydrogen-bond donors (Lipinski definition) is 1. The van der Waals surface area contributed by atoms with Crippen LogP contribution in [0.3, 0.4) is 0 Å². The van der Waals surface area contributed by atoms with Crippen molar-refractivity contribution in [3.8, 4) is 0 Å². The number of thioether (sulfide) groups is 1. The SMILES string of the molecule is Cc1ccc(Cn2c(=O)c3ccccc3n3c(SCC(=O)Nc4cccc(C)c4C)nnc23)cc1. The lowest BCUT2D eigenvalue weighted by Gasteiger charge is -2.12. The van der Waals surface area contributed by atoms with Crippen LogP contribution in [-0.2, 0) is 11.3 Å². The molecule has 5 rings (SSSR count). The Morgan fingerprint density at radius 1 is 0.943 bits per heavy atom. The highest BCUT2D eigenvalue weighted by Crippen LogP contribution is 2.23. The molecule has 1 amide bonds. The fraction of sp³-hybridized carbons (Fsp3) is 0.185.